The highest BCUT2D eigenvalue weighted by molar-refractivity contribution is 5.95. The van der Waals surface area contributed by atoms with Crippen molar-refractivity contribution in [2.45, 2.75) is 25.9 Å². The average Bonchev–Trinajstić information content (AvgIpc) is 3.44. The van der Waals surface area contributed by atoms with Gasteiger partial charge in [0.2, 0.25) is 5.76 Å². The fraction of sp³-hybridized carbons (Fsp3) is 0.643. The molecule has 24 heavy (non-hydrogen) atoms. The molecule has 1 aliphatic rings. The molecule has 1 unspecified atom stereocenters. The zero-order chi connectivity index (χ0) is 19.0. The molecular formula is C14H22N2O8. The first-order valence-corrected chi connectivity index (χ1v) is 6.95. The number of ether oxygens (including phenoxy) is 3. The lowest BCUT2D eigenvalue weighted by Crippen LogP contribution is -2.39. The summed E-state index contributed by atoms with van der Waals surface area (Å²) in [6.07, 6.45) is -0.331. The topological polar surface area (TPSA) is 172 Å². The second kappa shape index (κ2) is 14.2. The predicted molar refractivity (Wildman–Crippen MR) is 82.0 cm³/mol. The number of carbonyl (C=O) groups is 2. The smallest absolute Gasteiger partial charge is 0.760 e. The van der Waals surface area contributed by atoms with Crippen molar-refractivity contribution in [1.82, 2.24) is 0 Å². The van der Waals surface area contributed by atoms with Gasteiger partial charge >= 0.3 is 13.4 Å². The maximum atomic E-state index is 10.9. The van der Waals surface area contributed by atoms with Gasteiger partial charge in [-0.25, -0.2) is 15.5 Å². The van der Waals surface area contributed by atoms with Crippen LogP contribution in [0.5, 0.6) is 0 Å². The van der Waals surface area contributed by atoms with Gasteiger partial charge in [0.05, 0.1) is 26.4 Å². The van der Waals surface area contributed by atoms with E-state index in [4.69, 9.17) is 20.9 Å². The van der Waals surface area contributed by atoms with Crippen LogP contribution in [0.15, 0.2) is 5.76 Å². The van der Waals surface area contributed by atoms with Gasteiger partial charge in [0.25, 0.3) is 5.60 Å². The highest BCUT2D eigenvalue weighted by Crippen LogP contribution is 2.10. The molecule has 1 atom stereocenters. The second-order valence-electron chi connectivity index (χ2n) is 3.96. The number of aliphatic hydroxyl groups excluding tert-OH is 2. The molecule has 10 nitrogen and oxygen atoms in total. The molecule has 0 aromatic rings. The monoisotopic (exact) mass is 346 g/mol. The molecule has 1 aliphatic heterocycles. The van der Waals surface area contributed by atoms with Crippen molar-refractivity contribution in [3.05, 3.63) is 11.2 Å². The summed E-state index contributed by atoms with van der Waals surface area (Å²) in [7, 11) is 0. The molecule has 0 amide bonds. The van der Waals surface area contributed by atoms with Crippen molar-refractivity contribution < 1.29 is 40.5 Å². The molecule has 1 rings (SSSR count). The summed E-state index contributed by atoms with van der Waals surface area (Å²) in [6, 6.07) is 1.38. The van der Waals surface area contributed by atoms with Gasteiger partial charge in [-0.1, -0.05) is 0 Å². The molecule has 0 spiro atoms. The van der Waals surface area contributed by atoms with E-state index in [2.05, 4.69) is 14.2 Å². The fourth-order valence-corrected chi connectivity index (χ4v) is 0.861. The summed E-state index contributed by atoms with van der Waals surface area (Å²) in [4.78, 5) is 21.1. The fourth-order valence-electron chi connectivity index (χ4n) is 0.861. The molecule has 0 aromatic heterocycles. The number of esters is 2. The summed E-state index contributed by atoms with van der Waals surface area (Å²) in [5.74, 6) is -1.64. The predicted octanol–water partition coefficient (Wildman–Crippen LogP) is -0.454. The Labute approximate surface area is 140 Å². The van der Waals surface area contributed by atoms with E-state index >= 15 is 0 Å². The summed E-state index contributed by atoms with van der Waals surface area (Å²) in [5.41, 5.74) is -2.20. The van der Waals surface area contributed by atoms with E-state index in [1.165, 1.54) is 11.9 Å². The van der Waals surface area contributed by atoms with Gasteiger partial charge < -0.3 is 34.9 Å². The average molecular weight is 346 g/mol. The summed E-state index contributed by atoms with van der Waals surface area (Å²) < 4.78 is 13.2. The second-order valence-corrected chi connectivity index (χ2v) is 3.96. The Kier molecular flexibility index (Phi) is 14.1. The minimum atomic E-state index is -2.20. The van der Waals surface area contributed by atoms with Gasteiger partial charge in [-0.05, 0) is 13.8 Å². The Morgan fingerprint density at radius 2 is 1.83 bits per heavy atom. The highest BCUT2D eigenvalue weighted by Gasteiger charge is 2.37. The van der Waals surface area contributed by atoms with Crippen molar-refractivity contribution in [2.75, 3.05) is 33.0 Å². The van der Waals surface area contributed by atoms with E-state index < -0.39 is 29.9 Å². The number of hydrogen-bond acceptors (Lipinski definition) is 9. The number of epoxide rings is 1. The Hall–Kier alpha value is -2.44. The largest absolute Gasteiger partial charge is 1.00 e. The number of aliphatic hydroxyl groups is 3. The quantitative estimate of drug-likeness (QED) is 0.144. The third-order valence-corrected chi connectivity index (χ3v) is 2.05. The van der Waals surface area contributed by atoms with Crippen molar-refractivity contribution in [1.29, 1.82) is 5.26 Å². The van der Waals surface area contributed by atoms with Crippen LogP contribution in [0.4, 0.5) is 0 Å². The van der Waals surface area contributed by atoms with Crippen LogP contribution in [-0.4, -0.2) is 71.8 Å². The van der Waals surface area contributed by atoms with E-state index in [-0.39, 0.29) is 21.1 Å². The Bertz CT molecular complexity index is 483. The van der Waals surface area contributed by atoms with Crippen LogP contribution in [-0.2, 0) is 23.8 Å². The molecular weight excluding hydrogens is 324 g/mol. The molecule has 1 fully saturated rings. The lowest BCUT2D eigenvalue weighted by atomic mass is 10.0. The first-order chi connectivity index (χ1) is 11.3. The standard InChI is InChI=1S/C7H11NO4.C5H6NO3.C2H4O/c1-2-12-6(10)7(11,5-8)3-4-9;1-2-9-5(8)4(7)3-6;1-2-3-1/h9,11H,2-4H2,1H3;7H,2H2,1H3;1-2H2/q;-1;/p+1. The van der Waals surface area contributed by atoms with E-state index in [9.17, 15) is 14.7 Å². The zero-order valence-corrected chi connectivity index (χ0v) is 13.5. The summed E-state index contributed by atoms with van der Waals surface area (Å²) >= 11 is 0. The van der Waals surface area contributed by atoms with E-state index in [0.29, 0.717) is 0 Å². The first-order valence-electron chi connectivity index (χ1n) is 6.95. The molecule has 1 heterocycles. The molecule has 0 radical (unpaired) electrons. The van der Waals surface area contributed by atoms with E-state index in [0.717, 1.165) is 13.2 Å². The van der Waals surface area contributed by atoms with Gasteiger partial charge in [0.15, 0.2) is 0 Å². The lowest BCUT2D eigenvalue weighted by Gasteiger charge is -2.15. The van der Waals surface area contributed by atoms with Crippen molar-refractivity contribution in [3.8, 4) is 6.07 Å². The number of rotatable bonds is 6. The lowest BCUT2D eigenvalue weighted by molar-refractivity contribution is -0.160. The van der Waals surface area contributed by atoms with Gasteiger partial charge in [0, 0.05) is 13.0 Å². The third-order valence-electron chi connectivity index (χ3n) is 2.05. The normalized spacial score (nSPS) is 13.1. The van der Waals surface area contributed by atoms with Gasteiger partial charge in [-0.2, -0.15) is 5.26 Å². The van der Waals surface area contributed by atoms with Crippen LogP contribution in [0.3, 0.4) is 0 Å². The van der Waals surface area contributed by atoms with Crippen molar-refractivity contribution >= 4 is 17.8 Å². The Morgan fingerprint density at radius 3 is 2.12 bits per heavy atom. The summed E-state index contributed by atoms with van der Waals surface area (Å²) in [6.45, 7) is 4.96. The maximum Gasteiger partial charge on any atom is 1.00 e. The molecule has 136 valence electrons. The van der Waals surface area contributed by atoms with Crippen LogP contribution < -0.4 is 0 Å². The number of nitrogens with zero attached hydrogens (tertiary/aromatic N) is 2. The minimum absolute atomic E-state index is 0. The van der Waals surface area contributed by atoms with Crippen LogP contribution in [0, 0.1) is 11.3 Å². The van der Waals surface area contributed by atoms with Gasteiger partial charge in [-0.15, -0.1) is 0 Å². The maximum absolute atomic E-state index is 10.9. The molecule has 0 aliphatic carbocycles. The molecule has 0 bridgehead atoms. The number of carbonyl (C=O) groups excluding carboxylic acids is 2. The SMILES string of the molecule is C1CO1.CCOC(=O)C(O)(C#N)CCO.CCOC(=O)C(O)=C=[N-].[H+]. The Balaban J connectivity index is -0.000000326. The van der Waals surface area contributed by atoms with Gasteiger partial charge in [-0.3, -0.25) is 0 Å². The molecule has 3 N–H and O–H groups in total. The van der Waals surface area contributed by atoms with E-state index in [1.54, 1.807) is 13.8 Å². The number of nitriles is 1. The van der Waals surface area contributed by atoms with Crippen LogP contribution in [0.1, 0.15) is 21.7 Å². The van der Waals surface area contributed by atoms with Crippen LogP contribution in [0.2, 0.25) is 0 Å². The molecule has 10 heteroatoms. The zero-order valence-electron chi connectivity index (χ0n) is 14.5. The molecule has 0 saturated carbocycles. The first kappa shape index (κ1) is 23.8. The molecule has 1 saturated heterocycles. The third kappa shape index (κ3) is 12.1. The summed E-state index contributed by atoms with van der Waals surface area (Å²) in [5, 5.41) is 42.3. The van der Waals surface area contributed by atoms with Crippen molar-refractivity contribution in [3.63, 3.8) is 0 Å². The van der Waals surface area contributed by atoms with E-state index in [1.807, 2.05) is 0 Å². The van der Waals surface area contributed by atoms with Gasteiger partial charge in [0.1, 0.15) is 6.07 Å². The highest BCUT2D eigenvalue weighted by atomic mass is 16.6. The minimum Gasteiger partial charge on any atom is -0.760 e. The van der Waals surface area contributed by atoms with Crippen LogP contribution >= 0.6 is 0 Å². The Morgan fingerprint density at radius 1 is 1.33 bits per heavy atom. The van der Waals surface area contributed by atoms with Crippen LogP contribution in [0.25, 0.3) is 5.41 Å². The molecule has 0 aromatic carbocycles. The van der Waals surface area contributed by atoms with Crippen molar-refractivity contribution in [2.24, 2.45) is 0 Å². The number of hydrogen-bond donors (Lipinski definition) is 3.